The van der Waals surface area contributed by atoms with E-state index in [2.05, 4.69) is 48.7 Å². The van der Waals surface area contributed by atoms with Gasteiger partial charge in [-0.3, -0.25) is 4.72 Å². The molecule has 7 nitrogen and oxygen atoms in total. The zero-order valence-electron chi connectivity index (χ0n) is 20.5. The minimum absolute atomic E-state index is 0.00271. The monoisotopic (exact) mass is 524 g/mol. The molecular formula is C27H28N2O5S2. The molecule has 0 amide bonds. The van der Waals surface area contributed by atoms with Crippen molar-refractivity contribution in [1.82, 2.24) is 4.98 Å². The van der Waals surface area contributed by atoms with Crippen LogP contribution in [0.3, 0.4) is 0 Å². The number of hydrogen-bond donors (Lipinski definition) is 2. The highest BCUT2D eigenvalue weighted by Gasteiger charge is 2.57. The lowest BCUT2D eigenvalue weighted by Crippen LogP contribution is -2.29. The summed E-state index contributed by atoms with van der Waals surface area (Å²) in [4.78, 5) is 15.5. The van der Waals surface area contributed by atoms with Crippen molar-refractivity contribution in [2.45, 2.75) is 37.8 Å². The van der Waals surface area contributed by atoms with Crippen molar-refractivity contribution in [2.75, 3.05) is 11.8 Å². The number of carbonyl (C=O) groups is 1. The second-order valence-corrected chi connectivity index (χ2v) is 13.1. The molecular weight excluding hydrogens is 496 g/mol. The van der Waals surface area contributed by atoms with E-state index in [4.69, 9.17) is 9.84 Å². The Balaban J connectivity index is 1.37. The number of fused-ring (bicyclic) bond motifs is 2. The summed E-state index contributed by atoms with van der Waals surface area (Å²) in [5.74, 6) is -0.406. The number of aromatic carboxylic acids is 1. The standard InChI is InChI=1S/C27H28N2O5S2/c1-26(2)19-11-12-27(26,3)20(14-19)16-5-7-17(8-6-16)24-28-15-23(35-24)36(32,33)29-21-10-9-18(25(30)31)13-22(21)34-4/h5-10,13-15,19,29H,11-12H2,1-4H3,(H,30,31)/t19-,27+/m1/s1. The number of rotatable bonds is 7. The van der Waals surface area contributed by atoms with Gasteiger partial charge in [0.1, 0.15) is 10.8 Å². The Labute approximate surface area is 214 Å². The third kappa shape index (κ3) is 3.81. The van der Waals surface area contributed by atoms with Gasteiger partial charge in [0.2, 0.25) is 0 Å². The maximum Gasteiger partial charge on any atom is 0.335 e. The Morgan fingerprint density at radius 3 is 2.42 bits per heavy atom. The lowest BCUT2D eigenvalue weighted by atomic mass is 9.66. The number of anilines is 1. The molecule has 0 spiro atoms. The Morgan fingerprint density at radius 2 is 1.83 bits per heavy atom. The molecule has 0 aliphatic heterocycles. The molecule has 2 atom stereocenters. The fourth-order valence-electron chi connectivity index (χ4n) is 5.52. The smallest absolute Gasteiger partial charge is 0.335 e. The van der Waals surface area contributed by atoms with E-state index in [0.717, 1.165) is 16.9 Å². The maximum absolute atomic E-state index is 13.0. The van der Waals surface area contributed by atoms with E-state index in [1.54, 1.807) is 0 Å². The minimum atomic E-state index is -3.94. The number of aromatic nitrogens is 1. The predicted octanol–water partition coefficient (Wildman–Crippen LogP) is 6.16. The van der Waals surface area contributed by atoms with Gasteiger partial charge in [-0.15, -0.1) is 11.3 Å². The first-order chi connectivity index (χ1) is 17.0. The molecule has 2 aliphatic rings. The summed E-state index contributed by atoms with van der Waals surface area (Å²) >= 11 is 1.07. The summed E-state index contributed by atoms with van der Waals surface area (Å²) in [7, 11) is -2.60. The molecule has 0 saturated heterocycles. The average Bonchev–Trinajstić information content (AvgIpc) is 3.48. The van der Waals surface area contributed by atoms with E-state index in [9.17, 15) is 13.2 Å². The molecule has 1 saturated carbocycles. The van der Waals surface area contributed by atoms with E-state index in [-0.39, 0.29) is 32.0 Å². The fraction of sp³-hybridized carbons (Fsp3) is 0.333. The molecule has 0 unspecified atom stereocenters. The number of benzene rings is 2. The van der Waals surface area contributed by atoms with Crippen molar-refractivity contribution < 1.29 is 23.1 Å². The van der Waals surface area contributed by atoms with Crippen LogP contribution in [-0.2, 0) is 10.0 Å². The van der Waals surface area contributed by atoms with Gasteiger partial charge in [-0.25, -0.2) is 18.2 Å². The molecule has 1 heterocycles. The van der Waals surface area contributed by atoms with Gasteiger partial charge < -0.3 is 9.84 Å². The summed E-state index contributed by atoms with van der Waals surface area (Å²) in [6, 6.07) is 12.1. The number of carboxylic acid groups (broad SMARTS) is 1. The van der Waals surface area contributed by atoms with Gasteiger partial charge in [0.05, 0.1) is 24.6 Å². The molecule has 5 rings (SSSR count). The molecule has 36 heavy (non-hydrogen) atoms. The van der Waals surface area contributed by atoms with Gasteiger partial charge >= 0.3 is 5.97 Å². The summed E-state index contributed by atoms with van der Waals surface area (Å²) in [5, 5.41) is 9.76. The van der Waals surface area contributed by atoms with Crippen molar-refractivity contribution in [3.8, 4) is 16.3 Å². The van der Waals surface area contributed by atoms with Crippen molar-refractivity contribution in [3.05, 3.63) is 65.9 Å². The number of sulfonamides is 1. The lowest BCUT2D eigenvalue weighted by molar-refractivity contribution is 0.0696. The highest BCUT2D eigenvalue weighted by atomic mass is 32.2. The van der Waals surface area contributed by atoms with Crippen LogP contribution in [0.4, 0.5) is 5.69 Å². The first kappa shape index (κ1) is 24.5. The van der Waals surface area contributed by atoms with Crippen LogP contribution in [0.5, 0.6) is 5.75 Å². The van der Waals surface area contributed by atoms with Crippen molar-refractivity contribution in [3.63, 3.8) is 0 Å². The topological polar surface area (TPSA) is 106 Å². The van der Waals surface area contributed by atoms with E-state index in [1.165, 1.54) is 55.5 Å². The highest BCUT2D eigenvalue weighted by molar-refractivity contribution is 7.94. The Hall–Kier alpha value is -3.17. The first-order valence-electron chi connectivity index (χ1n) is 11.7. The van der Waals surface area contributed by atoms with Crippen LogP contribution in [0, 0.1) is 16.7 Å². The molecule has 2 aliphatic carbocycles. The molecule has 2 N–H and O–H groups in total. The summed E-state index contributed by atoms with van der Waals surface area (Å²) in [5.41, 5.74) is 4.03. The molecule has 3 aromatic rings. The van der Waals surface area contributed by atoms with Crippen molar-refractivity contribution in [2.24, 2.45) is 16.7 Å². The SMILES string of the molecule is COc1cc(C(=O)O)ccc1NS(=O)(=O)c1cnc(-c2ccc(C3=C[C@H]4CC[C@]3(C)C4(C)C)cc2)s1. The molecule has 2 aromatic carbocycles. The third-order valence-corrected chi connectivity index (χ3v) is 11.0. The number of carboxylic acids is 1. The van der Waals surface area contributed by atoms with E-state index < -0.39 is 16.0 Å². The molecule has 2 bridgehead atoms. The molecule has 1 fully saturated rings. The van der Waals surface area contributed by atoms with E-state index in [0.29, 0.717) is 10.9 Å². The van der Waals surface area contributed by atoms with Crippen LogP contribution in [0.1, 0.15) is 49.5 Å². The van der Waals surface area contributed by atoms with Gasteiger partial charge in [-0.05, 0) is 58.9 Å². The van der Waals surface area contributed by atoms with Crippen LogP contribution in [0.2, 0.25) is 0 Å². The molecule has 9 heteroatoms. The van der Waals surface area contributed by atoms with E-state index >= 15 is 0 Å². The second-order valence-electron chi connectivity index (χ2n) is 10.2. The van der Waals surface area contributed by atoms with Crippen LogP contribution in [0.25, 0.3) is 16.1 Å². The van der Waals surface area contributed by atoms with Crippen LogP contribution >= 0.6 is 11.3 Å². The van der Waals surface area contributed by atoms with Gasteiger partial charge in [-0.2, -0.15) is 0 Å². The van der Waals surface area contributed by atoms with Gasteiger partial charge in [-0.1, -0.05) is 51.1 Å². The third-order valence-electron chi connectivity index (χ3n) is 8.15. The van der Waals surface area contributed by atoms with Crippen molar-refractivity contribution >= 4 is 38.6 Å². The fourth-order valence-corrected chi connectivity index (χ4v) is 7.73. The number of hydrogen-bond acceptors (Lipinski definition) is 6. The Morgan fingerprint density at radius 1 is 1.14 bits per heavy atom. The molecule has 1 aromatic heterocycles. The highest BCUT2D eigenvalue weighted by Crippen LogP contribution is 2.67. The number of thiazole rings is 1. The van der Waals surface area contributed by atoms with E-state index in [1.807, 2.05) is 12.1 Å². The second kappa shape index (κ2) is 8.45. The summed E-state index contributed by atoms with van der Waals surface area (Å²) in [6.45, 7) is 7.10. The van der Waals surface area contributed by atoms with Crippen LogP contribution in [-0.4, -0.2) is 31.6 Å². The quantitative estimate of drug-likeness (QED) is 0.384. The number of methoxy groups -OCH3 is 1. The predicted molar refractivity (Wildman–Crippen MR) is 141 cm³/mol. The summed E-state index contributed by atoms with van der Waals surface area (Å²) in [6.07, 6.45) is 6.21. The Bertz CT molecular complexity index is 1490. The zero-order chi connectivity index (χ0) is 25.9. The largest absolute Gasteiger partial charge is 0.495 e. The lowest BCUT2D eigenvalue weighted by Gasteiger charge is -2.37. The van der Waals surface area contributed by atoms with Crippen LogP contribution < -0.4 is 9.46 Å². The van der Waals surface area contributed by atoms with Crippen LogP contribution in [0.15, 0.2) is 58.9 Å². The number of allylic oxidation sites excluding steroid dienone is 2. The molecule has 188 valence electrons. The number of ether oxygens (including phenoxy) is 1. The normalized spacial score (nSPS) is 22.3. The van der Waals surface area contributed by atoms with Gasteiger partial charge in [0.15, 0.2) is 4.21 Å². The average molecular weight is 525 g/mol. The maximum atomic E-state index is 13.0. The van der Waals surface area contributed by atoms with Gasteiger partial charge in [0, 0.05) is 5.56 Å². The molecule has 0 radical (unpaired) electrons. The zero-order valence-corrected chi connectivity index (χ0v) is 22.2. The number of nitrogens with one attached hydrogen (secondary N) is 1. The summed E-state index contributed by atoms with van der Waals surface area (Å²) < 4.78 is 33.7. The first-order valence-corrected chi connectivity index (χ1v) is 14.0. The minimum Gasteiger partial charge on any atom is -0.495 e. The Kier molecular flexibility index (Phi) is 5.76. The number of nitrogens with zero attached hydrogens (tertiary/aromatic N) is 1. The van der Waals surface area contributed by atoms with Crippen molar-refractivity contribution in [1.29, 1.82) is 0 Å². The van der Waals surface area contributed by atoms with Gasteiger partial charge in [0.25, 0.3) is 10.0 Å².